The average Bonchev–Trinajstić information content (AvgIpc) is 2.42. The molecule has 0 heterocycles. The first-order valence-electron chi connectivity index (χ1n) is 6.79. The molecule has 0 bridgehead atoms. The Labute approximate surface area is 114 Å². The minimum atomic E-state index is -0.164. The number of hydrogen-bond acceptors (Lipinski definition) is 1. The van der Waals surface area contributed by atoms with Crippen molar-refractivity contribution in [2.24, 2.45) is 0 Å². The first kappa shape index (κ1) is 13.6. The van der Waals surface area contributed by atoms with Crippen LogP contribution in [0.2, 0.25) is 0 Å². The molecule has 1 N–H and O–H groups in total. The fourth-order valence-corrected chi connectivity index (χ4v) is 2.09. The summed E-state index contributed by atoms with van der Waals surface area (Å²) in [6.45, 7) is 2.71. The van der Waals surface area contributed by atoms with Gasteiger partial charge in [0.2, 0.25) is 0 Å². The summed E-state index contributed by atoms with van der Waals surface area (Å²) in [6.07, 6.45) is 3.24. The maximum Gasteiger partial charge on any atom is 0.146 e. The Bertz CT molecular complexity index is 508. The molecule has 0 aliphatic carbocycles. The smallest absolute Gasteiger partial charge is 0.146 e. The van der Waals surface area contributed by atoms with Crippen LogP contribution in [0.15, 0.2) is 48.5 Å². The lowest BCUT2D eigenvalue weighted by molar-refractivity contribution is 0.627. The minimum absolute atomic E-state index is 0.164. The standard InChI is InChI=1S/C17H20FN/c1-14-10-11-17(16(18)13-14)19-12-6-5-9-15-7-3-2-4-8-15/h2-4,7-8,10-11,13,19H,5-6,9,12H2,1H3. The van der Waals surface area contributed by atoms with Crippen LogP contribution in [0.5, 0.6) is 0 Å². The van der Waals surface area contributed by atoms with Gasteiger partial charge in [-0.25, -0.2) is 4.39 Å². The first-order valence-corrected chi connectivity index (χ1v) is 6.79. The first-order chi connectivity index (χ1) is 9.25. The van der Waals surface area contributed by atoms with Gasteiger partial charge in [0.25, 0.3) is 0 Å². The monoisotopic (exact) mass is 257 g/mol. The molecule has 0 saturated heterocycles. The number of rotatable bonds is 6. The second kappa shape index (κ2) is 6.93. The lowest BCUT2D eigenvalue weighted by atomic mass is 10.1. The van der Waals surface area contributed by atoms with Crippen molar-refractivity contribution in [2.75, 3.05) is 11.9 Å². The van der Waals surface area contributed by atoms with E-state index in [9.17, 15) is 4.39 Å². The van der Waals surface area contributed by atoms with Crippen molar-refractivity contribution >= 4 is 5.69 Å². The summed E-state index contributed by atoms with van der Waals surface area (Å²) in [4.78, 5) is 0. The van der Waals surface area contributed by atoms with E-state index in [0.29, 0.717) is 5.69 Å². The predicted octanol–water partition coefficient (Wildman–Crippen LogP) is 4.57. The summed E-state index contributed by atoms with van der Waals surface area (Å²) in [5.74, 6) is -0.164. The lowest BCUT2D eigenvalue weighted by Crippen LogP contribution is -2.04. The molecule has 1 nitrogen and oxygen atoms in total. The quantitative estimate of drug-likeness (QED) is 0.747. The maximum absolute atomic E-state index is 13.6. The van der Waals surface area contributed by atoms with Gasteiger partial charge in [0.1, 0.15) is 5.82 Å². The van der Waals surface area contributed by atoms with Gasteiger partial charge >= 0.3 is 0 Å². The fraction of sp³-hybridized carbons (Fsp3) is 0.294. The van der Waals surface area contributed by atoms with Crippen LogP contribution in [0.25, 0.3) is 0 Å². The van der Waals surface area contributed by atoms with Crippen molar-refractivity contribution in [3.63, 3.8) is 0 Å². The Morgan fingerprint density at radius 3 is 2.53 bits per heavy atom. The van der Waals surface area contributed by atoms with Crippen LogP contribution in [0.3, 0.4) is 0 Å². The van der Waals surface area contributed by atoms with Gasteiger partial charge in [-0.2, -0.15) is 0 Å². The molecule has 0 saturated carbocycles. The summed E-state index contributed by atoms with van der Waals surface area (Å²) < 4.78 is 13.6. The van der Waals surface area contributed by atoms with Crippen LogP contribution in [0.4, 0.5) is 10.1 Å². The summed E-state index contributed by atoms with van der Waals surface area (Å²) >= 11 is 0. The second-order valence-electron chi connectivity index (χ2n) is 4.85. The number of nitrogens with one attached hydrogen (secondary N) is 1. The summed E-state index contributed by atoms with van der Waals surface area (Å²) in [5, 5.41) is 3.15. The molecule has 19 heavy (non-hydrogen) atoms. The largest absolute Gasteiger partial charge is 0.383 e. The van der Waals surface area contributed by atoms with Gasteiger partial charge in [-0.15, -0.1) is 0 Å². The molecule has 0 unspecified atom stereocenters. The zero-order chi connectivity index (χ0) is 13.5. The molecule has 0 amide bonds. The van der Waals surface area contributed by atoms with Crippen LogP contribution in [0, 0.1) is 12.7 Å². The van der Waals surface area contributed by atoms with Crippen LogP contribution < -0.4 is 5.32 Å². The highest BCUT2D eigenvalue weighted by Gasteiger charge is 2.00. The predicted molar refractivity (Wildman–Crippen MR) is 79.0 cm³/mol. The van der Waals surface area contributed by atoms with Crippen molar-refractivity contribution in [1.82, 2.24) is 0 Å². The molecule has 100 valence electrons. The molecule has 0 fully saturated rings. The van der Waals surface area contributed by atoms with Gasteiger partial charge in [0.15, 0.2) is 0 Å². The van der Waals surface area contributed by atoms with E-state index in [1.165, 1.54) is 5.56 Å². The topological polar surface area (TPSA) is 12.0 Å². The number of aryl methyl sites for hydroxylation is 2. The minimum Gasteiger partial charge on any atom is -0.383 e. The van der Waals surface area contributed by atoms with Crippen LogP contribution in [-0.4, -0.2) is 6.54 Å². The van der Waals surface area contributed by atoms with E-state index >= 15 is 0 Å². The van der Waals surface area contributed by atoms with Crippen LogP contribution in [0.1, 0.15) is 24.0 Å². The van der Waals surface area contributed by atoms with E-state index in [0.717, 1.165) is 31.4 Å². The number of hydrogen-bond donors (Lipinski definition) is 1. The van der Waals surface area contributed by atoms with Gasteiger partial charge in [-0.05, 0) is 49.4 Å². The molecule has 2 heteroatoms. The Morgan fingerprint density at radius 1 is 1.00 bits per heavy atom. The molecule has 0 radical (unpaired) electrons. The van der Waals surface area contributed by atoms with Gasteiger partial charge in [-0.3, -0.25) is 0 Å². The highest BCUT2D eigenvalue weighted by molar-refractivity contribution is 5.45. The van der Waals surface area contributed by atoms with Crippen molar-refractivity contribution in [2.45, 2.75) is 26.2 Å². The van der Waals surface area contributed by atoms with E-state index in [1.54, 1.807) is 6.07 Å². The molecule has 0 aromatic heterocycles. The number of anilines is 1. The summed E-state index contributed by atoms with van der Waals surface area (Å²) in [6, 6.07) is 15.7. The fourth-order valence-electron chi connectivity index (χ4n) is 2.09. The van der Waals surface area contributed by atoms with Gasteiger partial charge in [-0.1, -0.05) is 36.4 Å². The zero-order valence-electron chi connectivity index (χ0n) is 11.3. The van der Waals surface area contributed by atoms with Crippen molar-refractivity contribution in [1.29, 1.82) is 0 Å². The van der Waals surface area contributed by atoms with Gasteiger partial charge in [0.05, 0.1) is 5.69 Å². The van der Waals surface area contributed by atoms with Crippen LogP contribution in [-0.2, 0) is 6.42 Å². The molecule has 0 aliphatic rings. The van der Waals surface area contributed by atoms with E-state index in [4.69, 9.17) is 0 Å². The van der Waals surface area contributed by atoms with Gasteiger partial charge in [0, 0.05) is 6.54 Å². The Balaban J connectivity index is 1.69. The maximum atomic E-state index is 13.6. The molecule has 0 atom stereocenters. The van der Waals surface area contributed by atoms with Crippen LogP contribution >= 0.6 is 0 Å². The number of benzene rings is 2. The summed E-state index contributed by atoms with van der Waals surface area (Å²) in [5.41, 5.74) is 2.92. The third-order valence-electron chi connectivity index (χ3n) is 3.18. The molecule has 0 spiro atoms. The Morgan fingerprint density at radius 2 is 1.79 bits per heavy atom. The normalized spacial score (nSPS) is 10.4. The second-order valence-corrected chi connectivity index (χ2v) is 4.85. The molecule has 2 aromatic carbocycles. The van der Waals surface area contributed by atoms with Crippen molar-refractivity contribution < 1.29 is 4.39 Å². The van der Waals surface area contributed by atoms with Gasteiger partial charge < -0.3 is 5.32 Å². The third kappa shape index (κ3) is 4.40. The SMILES string of the molecule is Cc1ccc(NCCCCc2ccccc2)c(F)c1. The molecular weight excluding hydrogens is 237 g/mol. The zero-order valence-corrected chi connectivity index (χ0v) is 11.3. The highest BCUT2D eigenvalue weighted by atomic mass is 19.1. The average molecular weight is 257 g/mol. The lowest BCUT2D eigenvalue weighted by Gasteiger charge is -2.08. The van der Waals surface area contributed by atoms with E-state index in [-0.39, 0.29) is 5.82 Å². The molecule has 0 aliphatic heterocycles. The Kier molecular flexibility index (Phi) is 4.96. The third-order valence-corrected chi connectivity index (χ3v) is 3.18. The van der Waals surface area contributed by atoms with Crippen molar-refractivity contribution in [3.05, 3.63) is 65.5 Å². The van der Waals surface area contributed by atoms with E-state index in [2.05, 4.69) is 29.6 Å². The molecule has 2 rings (SSSR count). The number of unbranched alkanes of at least 4 members (excludes halogenated alkanes) is 1. The van der Waals surface area contributed by atoms with E-state index < -0.39 is 0 Å². The van der Waals surface area contributed by atoms with E-state index in [1.807, 2.05) is 25.1 Å². The summed E-state index contributed by atoms with van der Waals surface area (Å²) in [7, 11) is 0. The molecular formula is C17H20FN. The Hall–Kier alpha value is -1.83. The number of halogens is 1. The van der Waals surface area contributed by atoms with Crippen molar-refractivity contribution in [3.8, 4) is 0 Å². The molecule has 2 aromatic rings. The highest BCUT2D eigenvalue weighted by Crippen LogP contribution is 2.15.